The molecule has 0 radical (unpaired) electrons. The Labute approximate surface area is 255 Å². The van der Waals surface area contributed by atoms with Crippen molar-refractivity contribution in [2.45, 2.75) is 40.0 Å². The fraction of sp³-hybridized carbons (Fsp3) is 0.222. The van der Waals surface area contributed by atoms with Gasteiger partial charge in [-0.1, -0.05) is 62.4 Å². The monoisotopic (exact) mass is 590 g/mol. The average Bonchev–Trinajstić information content (AvgIpc) is 3.57. The summed E-state index contributed by atoms with van der Waals surface area (Å²) in [6, 6.07) is 29.5. The first-order valence-electron chi connectivity index (χ1n) is 14.5. The summed E-state index contributed by atoms with van der Waals surface area (Å²) in [6.07, 6.45) is -0.953. The summed E-state index contributed by atoms with van der Waals surface area (Å²) in [5.41, 5.74) is 4.62. The quantitative estimate of drug-likeness (QED) is 0.164. The van der Waals surface area contributed by atoms with Gasteiger partial charge in [-0.3, -0.25) is 0 Å². The molecule has 0 aliphatic heterocycles. The molecule has 0 fully saturated rings. The van der Waals surface area contributed by atoms with Gasteiger partial charge in [-0.05, 0) is 55.0 Å². The van der Waals surface area contributed by atoms with Crippen molar-refractivity contribution in [2.24, 2.45) is 5.92 Å². The van der Waals surface area contributed by atoms with Gasteiger partial charge >= 0.3 is 5.97 Å². The van der Waals surface area contributed by atoms with Crippen LogP contribution >= 0.6 is 0 Å². The fourth-order valence-electron chi connectivity index (χ4n) is 5.47. The van der Waals surface area contributed by atoms with Crippen LogP contribution in [-0.4, -0.2) is 33.8 Å². The zero-order valence-corrected chi connectivity index (χ0v) is 25.1. The van der Waals surface area contributed by atoms with Crippen LogP contribution in [0.15, 0.2) is 95.4 Å². The van der Waals surface area contributed by atoms with Crippen molar-refractivity contribution in [3.05, 3.63) is 108 Å². The fourth-order valence-corrected chi connectivity index (χ4v) is 5.47. The first-order valence-corrected chi connectivity index (χ1v) is 14.5. The predicted molar refractivity (Wildman–Crippen MR) is 169 cm³/mol. The van der Waals surface area contributed by atoms with Crippen molar-refractivity contribution in [1.29, 1.82) is 0 Å². The lowest BCUT2D eigenvalue weighted by Gasteiger charge is -2.19. The molecule has 8 nitrogen and oxygen atoms in total. The average molecular weight is 591 g/mol. The van der Waals surface area contributed by atoms with Gasteiger partial charge < -0.3 is 28.3 Å². The Kier molecular flexibility index (Phi) is 7.98. The molecule has 44 heavy (non-hydrogen) atoms. The minimum atomic E-state index is -0.981. The third kappa shape index (κ3) is 5.58. The molecule has 0 unspecified atom stereocenters. The van der Waals surface area contributed by atoms with E-state index in [4.69, 9.17) is 18.6 Å². The Bertz CT molecular complexity index is 1940. The Morgan fingerprint density at radius 3 is 2.41 bits per heavy atom. The van der Waals surface area contributed by atoms with Crippen molar-refractivity contribution in [2.75, 3.05) is 7.11 Å². The van der Waals surface area contributed by atoms with E-state index in [9.17, 15) is 9.90 Å². The number of nitrogens with zero attached hydrogens (tertiary/aromatic N) is 2. The number of carboxylic acids is 1. The van der Waals surface area contributed by atoms with Gasteiger partial charge in [0.15, 0.2) is 17.6 Å². The standard InChI is InChI=1S/C36H34N2O6/c1-22(2)34(36(39)40)44-31-16-10-15-29-33(31)26-13-8-9-14-28(26)38(29)20-24-17-18-30(32(19-24)41-4)42-21-27-23(3)43-35(37-27)25-11-6-5-7-12-25/h5-19,22,34H,20-21H2,1-4H3,(H,39,40)/t34-/m1/s1. The van der Waals surface area contributed by atoms with E-state index in [-0.39, 0.29) is 12.5 Å². The van der Waals surface area contributed by atoms with E-state index in [1.54, 1.807) is 7.11 Å². The number of aromatic nitrogens is 2. The summed E-state index contributed by atoms with van der Waals surface area (Å²) >= 11 is 0. The molecule has 0 saturated carbocycles. The number of aliphatic carboxylic acids is 1. The largest absolute Gasteiger partial charge is 0.493 e. The third-order valence-electron chi connectivity index (χ3n) is 7.71. The van der Waals surface area contributed by atoms with Crippen LogP contribution in [0, 0.1) is 12.8 Å². The molecular weight excluding hydrogens is 556 g/mol. The zero-order valence-electron chi connectivity index (χ0n) is 25.1. The number of ether oxygens (including phenoxy) is 3. The van der Waals surface area contributed by atoms with Crippen LogP contribution in [0.1, 0.15) is 30.9 Å². The van der Waals surface area contributed by atoms with Gasteiger partial charge in [-0.2, -0.15) is 0 Å². The second-order valence-corrected chi connectivity index (χ2v) is 11.0. The van der Waals surface area contributed by atoms with E-state index >= 15 is 0 Å². The zero-order chi connectivity index (χ0) is 30.8. The van der Waals surface area contributed by atoms with E-state index < -0.39 is 12.1 Å². The van der Waals surface area contributed by atoms with E-state index in [0.717, 1.165) is 38.6 Å². The first-order chi connectivity index (χ1) is 21.3. The van der Waals surface area contributed by atoms with Crippen LogP contribution in [0.4, 0.5) is 0 Å². The smallest absolute Gasteiger partial charge is 0.345 e. The minimum Gasteiger partial charge on any atom is -0.493 e. The van der Waals surface area contributed by atoms with E-state index in [1.165, 1.54) is 0 Å². The maximum Gasteiger partial charge on any atom is 0.345 e. The molecule has 224 valence electrons. The Balaban J connectivity index is 1.28. The number of hydrogen-bond acceptors (Lipinski definition) is 6. The highest BCUT2D eigenvalue weighted by molar-refractivity contribution is 6.11. The number of aryl methyl sites for hydroxylation is 1. The second-order valence-electron chi connectivity index (χ2n) is 11.0. The van der Waals surface area contributed by atoms with Gasteiger partial charge in [0, 0.05) is 34.3 Å². The topological polar surface area (TPSA) is 96.0 Å². The number of hydrogen-bond donors (Lipinski definition) is 1. The summed E-state index contributed by atoms with van der Waals surface area (Å²) in [5.74, 6) is 1.86. The summed E-state index contributed by atoms with van der Waals surface area (Å²) in [5, 5.41) is 11.7. The molecule has 2 heterocycles. The predicted octanol–water partition coefficient (Wildman–Crippen LogP) is 7.88. The number of rotatable bonds is 11. The molecule has 1 N–H and O–H groups in total. The van der Waals surface area contributed by atoms with Crippen molar-refractivity contribution in [3.63, 3.8) is 0 Å². The maximum atomic E-state index is 11.9. The summed E-state index contributed by atoms with van der Waals surface area (Å²) < 4.78 is 26.1. The number of carboxylic acid groups (broad SMARTS) is 1. The van der Waals surface area contributed by atoms with Gasteiger partial charge in [0.05, 0.1) is 12.6 Å². The number of para-hydroxylation sites is 1. The number of benzene rings is 4. The van der Waals surface area contributed by atoms with E-state index in [2.05, 4.69) is 15.6 Å². The molecule has 0 aliphatic rings. The Hall–Kier alpha value is -5.24. The van der Waals surface area contributed by atoms with Gasteiger partial charge in [0.1, 0.15) is 23.8 Å². The molecule has 6 rings (SSSR count). The summed E-state index contributed by atoms with van der Waals surface area (Å²) in [4.78, 5) is 16.6. The van der Waals surface area contributed by atoms with Crippen molar-refractivity contribution < 1.29 is 28.5 Å². The van der Waals surface area contributed by atoms with Crippen LogP contribution in [0.5, 0.6) is 17.2 Å². The molecule has 6 aromatic rings. The molecule has 8 heteroatoms. The Morgan fingerprint density at radius 1 is 0.909 bits per heavy atom. The second kappa shape index (κ2) is 12.2. The molecule has 0 spiro atoms. The van der Waals surface area contributed by atoms with Crippen molar-refractivity contribution in [3.8, 4) is 28.7 Å². The molecule has 0 saturated heterocycles. The highest BCUT2D eigenvalue weighted by Crippen LogP contribution is 2.38. The third-order valence-corrected chi connectivity index (χ3v) is 7.71. The SMILES string of the molecule is COc1cc(Cn2c3ccccc3c3c(O[C@@H](C(=O)O)C(C)C)cccc32)ccc1OCc1nc(-c2ccccc2)oc1C. The summed E-state index contributed by atoms with van der Waals surface area (Å²) in [6.45, 7) is 6.36. The lowest BCUT2D eigenvalue weighted by Crippen LogP contribution is -2.32. The maximum absolute atomic E-state index is 11.9. The minimum absolute atomic E-state index is 0.191. The molecule has 0 bridgehead atoms. The number of methoxy groups -OCH3 is 1. The van der Waals surface area contributed by atoms with Gasteiger partial charge in [-0.25, -0.2) is 9.78 Å². The highest BCUT2D eigenvalue weighted by atomic mass is 16.5. The number of carbonyl (C=O) groups is 1. The van der Waals surface area contributed by atoms with Crippen LogP contribution in [0.25, 0.3) is 33.3 Å². The molecule has 2 aromatic heterocycles. The van der Waals surface area contributed by atoms with E-state index in [1.807, 2.05) is 106 Å². The summed E-state index contributed by atoms with van der Waals surface area (Å²) in [7, 11) is 1.62. The first kappa shape index (κ1) is 28.9. The van der Waals surface area contributed by atoms with Crippen LogP contribution in [0.2, 0.25) is 0 Å². The lowest BCUT2D eigenvalue weighted by atomic mass is 10.1. The van der Waals surface area contributed by atoms with Gasteiger partial charge in [-0.15, -0.1) is 0 Å². The van der Waals surface area contributed by atoms with Gasteiger partial charge in [0.25, 0.3) is 0 Å². The van der Waals surface area contributed by atoms with E-state index in [0.29, 0.717) is 35.4 Å². The van der Waals surface area contributed by atoms with Crippen molar-refractivity contribution >= 4 is 27.8 Å². The lowest BCUT2D eigenvalue weighted by molar-refractivity contribution is -0.147. The molecule has 4 aromatic carbocycles. The molecule has 1 atom stereocenters. The van der Waals surface area contributed by atoms with Crippen LogP contribution < -0.4 is 14.2 Å². The molecular formula is C36H34N2O6. The van der Waals surface area contributed by atoms with Crippen LogP contribution in [0.3, 0.4) is 0 Å². The number of oxazole rings is 1. The Morgan fingerprint density at radius 2 is 1.66 bits per heavy atom. The number of fused-ring (bicyclic) bond motifs is 3. The van der Waals surface area contributed by atoms with Crippen molar-refractivity contribution in [1.82, 2.24) is 9.55 Å². The molecule has 0 amide bonds. The van der Waals surface area contributed by atoms with Crippen LogP contribution in [-0.2, 0) is 17.9 Å². The molecule has 0 aliphatic carbocycles. The van der Waals surface area contributed by atoms with Gasteiger partial charge in [0.2, 0.25) is 5.89 Å². The highest BCUT2D eigenvalue weighted by Gasteiger charge is 2.25. The normalized spacial score (nSPS) is 12.1.